The SMILES string of the molecule is CC1(C)CC2(C)CC1CC2OC(=O)c1cccc(O)c1.Cl. The largest absolute Gasteiger partial charge is 0.508 e. The number of hydrogen-bond donors (Lipinski definition) is 1. The van der Waals surface area contributed by atoms with Crippen LogP contribution >= 0.6 is 12.4 Å². The fourth-order valence-electron chi connectivity index (χ4n) is 4.31. The van der Waals surface area contributed by atoms with E-state index >= 15 is 0 Å². The van der Waals surface area contributed by atoms with E-state index in [0.717, 1.165) is 19.3 Å². The van der Waals surface area contributed by atoms with Crippen LogP contribution in [0.4, 0.5) is 0 Å². The zero-order valence-corrected chi connectivity index (χ0v) is 13.6. The number of carbonyl (C=O) groups is 1. The van der Waals surface area contributed by atoms with Gasteiger partial charge >= 0.3 is 5.97 Å². The first-order valence-electron chi connectivity index (χ1n) is 7.30. The summed E-state index contributed by atoms with van der Waals surface area (Å²) >= 11 is 0. The minimum atomic E-state index is -0.322. The molecule has 21 heavy (non-hydrogen) atoms. The number of rotatable bonds is 2. The summed E-state index contributed by atoms with van der Waals surface area (Å²) in [6.07, 6.45) is 3.24. The van der Waals surface area contributed by atoms with Crippen molar-refractivity contribution < 1.29 is 14.6 Å². The lowest BCUT2D eigenvalue weighted by molar-refractivity contribution is -0.0221. The molecular formula is C17H23ClO3. The Kier molecular flexibility index (Phi) is 4.00. The Hall–Kier alpha value is -1.22. The second kappa shape index (κ2) is 5.20. The first-order chi connectivity index (χ1) is 9.30. The van der Waals surface area contributed by atoms with Gasteiger partial charge in [0.1, 0.15) is 11.9 Å². The molecule has 0 saturated heterocycles. The molecule has 0 heterocycles. The summed E-state index contributed by atoms with van der Waals surface area (Å²) in [5, 5.41) is 9.44. The lowest BCUT2D eigenvalue weighted by Crippen LogP contribution is -2.37. The van der Waals surface area contributed by atoms with Crippen LogP contribution < -0.4 is 0 Å². The number of halogens is 1. The molecule has 3 atom stereocenters. The van der Waals surface area contributed by atoms with Crippen molar-refractivity contribution in [1.29, 1.82) is 0 Å². The lowest BCUT2D eigenvalue weighted by Gasteiger charge is -2.38. The molecule has 3 unspecified atom stereocenters. The number of phenolic OH excluding ortho intramolecular Hbond substituents is 1. The Labute approximate surface area is 132 Å². The molecule has 2 saturated carbocycles. The topological polar surface area (TPSA) is 46.5 Å². The van der Waals surface area contributed by atoms with Gasteiger partial charge in [-0.25, -0.2) is 4.79 Å². The number of aromatic hydroxyl groups is 1. The van der Waals surface area contributed by atoms with Crippen LogP contribution in [0.2, 0.25) is 0 Å². The Balaban J connectivity index is 0.00000161. The van der Waals surface area contributed by atoms with Gasteiger partial charge in [0.15, 0.2) is 0 Å². The van der Waals surface area contributed by atoms with Crippen molar-refractivity contribution in [2.45, 2.75) is 46.1 Å². The third kappa shape index (κ3) is 2.76. The number of carbonyl (C=O) groups excluding carboxylic acids is 1. The third-order valence-corrected chi connectivity index (χ3v) is 5.28. The molecule has 2 fully saturated rings. The second-order valence-corrected chi connectivity index (χ2v) is 7.40. The summed E-state index contributed by atoms with van der Waals surface area (Å²) in [7, 11) is 0. The highest BCUT2D eigenvalue weighted by Crippen LogP contribution is 2.63. The van der Waals surface area contributed by atoms with Crippen LogP contribution in [0.25, 0.3) is 0 Å². The van der Waals surface area contributed by atoms with Gasteiger partial charge in [0.05, 0.1) is 5.56 Å². The zero-order chi connectivity index (χ0) is 14.5. The van der Waals surface area contributed by atoms with Crippen LogP contribution in [0.15, 0.2) is 24.3 Å². The molecule has 3 rings (SSSR count). The highest BCUT2D eigenvalue weighted by atomic mass is 35.5. The average Bonchev–Trinajstić information content (AvgIpc) is 2.77. The van der Waals surface area contributed by atoms with Gasteiger partial charge in [-0.1, -0.05) is 26.8 Å². The lowest BCUT2D eigenvalue weighted by atomic mass is 9.71. The highest BCUT2D eigenvalue weighted by Gasteiger charge is 2.58. The molecule has 0 aliphatic heterocycles. The summed E-state index contributed by atoms with van der Waals surface area (Å²) < 4.78 is 5.73. The molecule has 1 aromatic rings. The molecule has 2 aliphatic rings. The maximum atomic E-state index is 12.2. The molecule has 3 nitrogen and oxygen atoms in total. The quantitative estimate of drug-likeness (QED) is 0.833. The standard InChI is InChI=1S/C17H22O3.ClH/c1-16(2)10-17(3)9-12(16)8-14(17)20-15(19)11-5-4-6-13(18)7-11;/h4-7,12,14,18H,8-10H2,1-3H3;1H. The van der Waals surface area contributed by atoms with Crippen LogP contribution in [0.3, 0.4) is 0 Å². The minimum Gasteiger partial charge on any atom is -0.508 e. The maximum absolute atomic E-state index is 12.2. The van der Waals surface area contributed by atoms with Crippen LogP contribution in [-0.4, -0.2) is 17.2 Å². The fourth-order valence-corrected chi connectivity index (χ4v) is 4.31. The first-order valence-corrected chi connectivity index (χ1v) is 7.30. The van der Waals surface area contributed by atoms with Crippen molar-refractivity contribution in [3.63, 3.8) is 0 Å². The number of phenols is 1. The van der Waals surface area contributed by atoms with Gasteiger partial charge in [0.25, 0.3) is 0 Å². The molecule has 1 N–H and O–H groups in total. The summed E-state index contributed by atoms with van der Waals surface area (Å²) in [5.74, 6) is 0.423. The molecule has 0 aromatic heterocycles. The highest BCUT2D eigenvalue weighted by molar-refractivity contribution is 5.90. The Morgan fingerprint density at radius 3 is 2.57 bits per heavy atom. The first kappa shape index (κ1) is 16.2. The number of hydrogen-bond acceptors (Lipinski definition) is 3. The van der Waals surface area contributed by atoms with E-state index in [4.69, 9.17) is 4.74 Å². The van der Waals surface area contributed by atoms with E-state index in [-0.39, 0.29) is 35.6 Å². The van der Waals surface area contributed by atoms with Gasteiger partial charge in [0.2, 0.25) is 0 Å². The second-order valence-electron chi connectivity index (χ2n) is 7.40. The van der Waals surface area contributed by atoms with Gasteiger partial charge in [-0.3, -0.25) is 0 Å². The fraction of sp³-hybridized carbons (Fsp3) is 0.588. The summed E-state index contributed by atoms with van der Waals surface area (Å²) in [6, 6.07) is 6.36. The molecule has 2 aliphatic carbocycles. The third-order valence-electron chi connectivity index (χ3n) is 5.28. The van der Waals surface area contributed by atoms with Gasteiger partial charge in [-0.05, 0) is 48.8 Å². The molecule has 116 valence electrons. The van der Waals surface area contributed by atoms with E-state index in [1.807, 2.05) is 0 Å². The molecule has 0 spiro atoms. The van der Waals surface area contributed by atoms with Crippen molar-refractivity contribution in [1.82, 2.24) is 0 Å². The smallest absolute Gasteiger partial charge is 0.338 e. The summed E-state index contributed by atoms with van der Waals surface area (Å²) in [4.78, 5) is 12.2. The molecule has 0 amide bonds. The van der Waals surface area contributed by atoms with Gasteiger partial charge in [0, 0.05) is 5.41 Å². The normalized spacial score (nSPS) is 32.5. The minimum absolute atomic E-state index is 0. The van der Waals surface area contributed by atoms with Crippen LogP contribution in [0.1, 0.15) is 50.4 Å². The van der Waals surface area contributed by atoms with Gasteiger partial charge in [-0.15, -0.1) is 12.4 Å². The van der Waals surface area contributed by atoms with Crippen molar-refractivity contribution in [3.05, 3.63) is 29.8 Å². The van der Waals surface area contributed by atoms with Crippen molar-refractivity contribution in [3.8, 4) is 5.75 Å². The van der Waals surface area contributed by atoms with E-state index in [1.165, 1.54) is 6.07 Å². The van der Waals surface area contributed by atoms with E-state index in [9.17, 15) is 9.90 Å². The monoisotopic (exact) mass is 310 g/mol. The predicted molar refractivity (Wildman–Crippen MR) is 83.8 cm³/mol. The van der Waals surface area contributed by atoms with Gasteiger partial charge < -0.3 is 9.84 Å². The number of fused-ring (bicyclic) bond motifs is 2. The van der Waals surface area contributed by atoms with Crippen molar-refractivity contribution in [2.24, 2.45) is 16.7 Å². The molecule has 2 bridgehead atoms. The average molecular weight is 311 g/mol. The maximum Gasteiger partial charge on any atom is 0.338 e. The Morgan fingerprint density at radius 1 is 1.33 bits per heavy atom. The molecule has 4 heteroatoms. The van der Waals surface area contributed by atoms with E-state index in [1.54, 1.807) is 18.2 Å². The van der Waals surface area contributed by atoms with E-state index < -0.39 is 0 Å². The van der Waals surface area contributed by atoms with Crippen LogP contribution in [0, 0.1) is 16.7 Å². The van der Waals surface area contributed by atoms with E-state index in [0.29, 0.717) is 16.9 Å². The van der Waals surface area contributed by atoms with Crippen molar-refractivity contribution in [2.75, 3.05) is 0 Å². The molecule has 1 aromatic carbocycles. The van der Waals surface area contributed by atoms with E-state index in [2.05, 4.69) is 20.8 Å². The summed E-state index contributed by atoms with van der Waals surface area (Å²) in [5.41, 5.74) is 0.902. The number of esters is 1. The Bertz CT molecular complexity index is 555. The van der Waals surface area contributed by atoms with Crippen LogP contribution in [-0.2, 0) is 4.74 Å². The predicted octanol–water partition coefficient (Wildman–Crippen LogP) is 4.19. The van der Waals surface area contributed by atoms with Crippen LogP contribution in [0.5, 0.6) is 5.75 Å². The summed E-state index contributed by atoms with van der Waals surface area (Å²) in [6.45, 7) is 6.87. The number of ether oxygens (including phenoxy) is 1. The number of benzene rings is 1. The zero-order valence-electron chi connectivity index (χ0n) is 12.8. The Morgan fingerprint density at radius 2 is 2.05 bits per heavy atom. The van der Waals surface area contributed by atoms with Crippen molar-refractivity contribution >= 4 is 18.4 Å². The molecular weight excluding hydrogens is 288 g/mol. The molecule has 0 radical (unpaired) electrons. The van der Waals surface area contributed by atoms with Gasteiger partial charge in [-0.2, -0.15) is 0 Å².